The van der Waals surface area contributed by atoms with Crippen LogP contribution in [0, 0.1) is 0 Å². The van der Waals surface area contributed by atoms with Crippen LogP contribution in [0.15, 0.2) is 65.6 Å². The molecule has 0 atom stereocenters. The minimum atomic E-state index is -0.222. The Labute approximate surface area is 141 Å². The number of hydrogen-bond acceptors (Lipinski definition) is 6. The Balaban J connectivity index is 1.56. The summed E-state index contributed by atoms with van der Waals surface area (Å²) in [6, 6.07) is 17.1. The van der Waals surface area contributed by atoms with Gasteiger partial charge in [0.2, 0.25) is 0 Å². The zero-order chi connectivity index (χ0) is 16.4. The van der Waals surface area contributed by atoms with Gasteiger partial charge >= 0.3 is 0 Å². The second kappa shape index (κ2) is 6.21. The maximum absolute atomic E-state index is 12.4. The average Bonchev–Trinajstić information content (AvgIpc) is 3.12. The van der Waals surface area contributed by atoms with E-state index in [0.717, 1.165) is 22.8 Å². The van der Waals surface area contributed by atoms with Crippen molar-refractivity contribution in [1.82, 2.24) is 19.4 Å². The molecule has 0 spiro atoms. The Morgan fingerprint density at radius 2 is 1.83 bits per heavy atom. The monoisotopic (exact) mass is 336 g/mol. The molecule has 7 heteroatoms. The lowest BCUT2D eigenvalue weighted by Crippen LogP contribution is -2.21. The molecule has 0 saturated carbocycles. The molecule has 6 nitrogen and oxygen atoms in total. The summed E-state index contributed by atoms with van der Waals surface area (Å²) in [7, 11) is 0. The smallest absolute Gasteiger partial charge is 0.294 e. The van der Waals surface area contributed by atoms with Crippen molar-refractivity contribution >= 4 is 21.7 Å². The van der Waals surface area contributed by atoms with E-state index in [0.29, 0.717) is 22.5 Å². The molecular formula is C17H12N4O2S. The Morgan fingerprint density at radius 3 is 2.62 bits per heavy atom. The zero-order valence-electron chi connectivity index (χ0n) is 12.5. The predicted molar refractivity (Wildman–Crippen MR) is 91.6 cm³/mol. The molecule has 0 amide bonds. The van der Waals surface area contributed by atoms with Gasteiger partial charge in [0.05, 0.1) is 11.9 Å². The first-order valence-corrected chi connectivity index (χ1v) is 8.06. The third-order valence-electron chi connectivity index (χ3n) is 3.51. The van der Waals surface area contributed by atoms with E-state index in [2.05, 4.69) is 14.7 Å². The Morgan fingerprint density at radius 1 is 1.04 bits per heavy atom. The minimum Gasteiger partial charge on any atom is -0.489 e. The third-order valence-corrected chi connectivity index (χ3v) is 4.29. The molecule has 118 valence electrons. The first-order valence-electron chi connectivity index (χ1n) is 7.29. The summed E-state index contributed by atoms with van der Waals surface area (Å²) in [6.07, 6.45) is 1.54. The Bertz CT molecular complexity index is 1030. The maximum Gasteiger partial charge on any atom is 0.294 e. The van der Waals surface area contributed by atoms with E-state index >= 15 is 0 Å². The van der Waals surface area contributed by atoms with Gasteiger partial charge in [-0.3, -0.25) is 4.79 Å². The SMILES string of the molecule is O=c1c2sncc2nnn1-c1ccc(OCc2ccccc2)cc1. The molecule has 0 N–H and O–H groups in total. The van der Waals surface area contributed by atoms with Crippen LogP contribution < -0.4 is 10.3 Å². The number of hydrogen-bond donors (Lipinski definition) is 0. The predicted octanol–water partition coefficient (Wildman–Crippen LogP) is 2.82. The molecular weight excluding hydrogens is 324 g/mol. The van der Waals surface area contributed by atoms with Gasteiger partial charge in [-0.15, -0.1) is 5.10 Å². The van der Waals surface area contributed by atoms with Crippen molar-refractivity contribution in [2.75, 3.05) is 0 Å². The van der Waals surface area contributed by atoms with Crippen molar-refractivity contribution in [3.8, 4) is 11.4 Å². The molecule has 24 heavy (non-hydrogen) atoms. The van der Waals surface area contributed by atoms with Crippen LogP contribution in [0.1, 0.15) is 5.56 Å². The number of fused-ring (bicyclic) bond motifs is 1. The standard InChI is InChI=1S/C17H12N4O2S/c22-17-16-15(10-18-24-16)19-20-21(17)13-6-8-14(9-7-13)23-11-12-4-2-1-3-5-12/h1-10H,11H2. The summed E-state index contributed by atoms with van der Waals surface area (Å²) in [6.45, 7) is 0.493. The van der Waals surface area contributed by atoms with E-state index in [4.69, 9.17) is 4.74 Å². The lowest BCUT2D eigenvalue weighted by atomic mass is 10.2. The molecule has 4 aromatic rings. The maximum atomic E-state index is 12.4. The summed E-state index contributed by atoms with van der Waals surface area (Å²) in [4.78, 5) is 12.4. The van der Waals surface area contributed by atoms with Gasteiger partial charge in [0, 0.05) is 0 Å². The number of ether oxygens (including phenoxy) is 1. The van der Waals surface area contributed by atoms with E-state index in [1.807, 2.05) is 42.5 Å². The van der Waals surface area contributed by atoms with E-state index in [9.17, 15) is 4.79 Å². The van der Waals surface area contributed by atoms with Crippen molar-refractivity contribution in [3.05, 3.63) is 76.7 Å². The van der Waals surface area contributed by atoms with Crippen LogP contribution in [0.5, 0.6) is 5.75 Å². The molecule has 2 aromatic heterocycles. The first-order chi connectivity index (χ1) is 11.8. The molecule has 0 saturated heterocycles. The van der Waals surface area contributed by atoms with Crippen LogP contribution >= 0.6 is 11.5 Å². The van der Waals surface area contributed by atoms with E-state index in [-0.39, 0.29) is 5.56 Å². The molecule has 0 aliphatic rings. The third kappa shape index (κ3) is 2.77. The number of rotatable bonds is 4. The minimum absolute atomic E-state index is 0.222. The number of aromatic nitrogens is 4. The van der Waals surface area contributed by atoms with Gasteiger partial charge in [-0.25, -0.2) is 0 Å². The van der Waals surface area contributed by atoms with Gasteiger partial charge in [0.25, 0.3) is 5.56 Å². The van der Waals surface area contributed by atoms with Gasteiger partial charge in [-0.2, -0.15) is 9.06 Å². The fourth-order valence-corrected chi connectivity index (χ4v) is 2.89. The summed E-state index contributed by atoms with van der Waals surface area (Å²) in [5.74, 6) is 0.725. The lowest BCUT2D eigenvalue weighted by molar-refractivity contribution is 0.306. The quantitative estimate of drug-likeness (QED) is 0.573. The van der Waals surface area contributed by atoms with Gasteiger partial charge in [0.15, 0.2) is 0 Å². The normalized spacial score (nSPS) is 10.8. The zero-order valence-corrected chi connectivity index (χ0v) is 13.3. The van der Waals surface area contributed by atoms with Gasteiger partial charge in [0.1, 0.15) is 22.6 Å². The molecule has 0 aliphatic heterocycles. The van der Waals surface area contributed by atoms with Crippen LogP contribution in [0.2, 0.25) is 0 Å². The average molecular weight is 336 g/mol. The number of benzene rings is 2. The second-order valence-electron chi connectivity index (χ2n) is 5.11. The van der Waals surface area contributed by atoms with Crippen molar-refractivity contribution < 1.29 is 4.74 Å². The van der Waals surface area contributed by atoms with Crippen LogP contribution in [-0.4, -0.2) is 19.4 Å². The van der Waals surface area contributed by atoms with Crippen LogP contribution in [0.25, 0.3) is 15.9 Å². The summed E-state index contributed by atoms with van der Waals surface area (Å²) < 4.78 is 11.5. The van der Waals surface area contributed by atoms with Gasteiger partial charge in [-0.05, 0) is 41.4 Å². The van der Waals surface area contributed by atoms with E-state index < -0.39 is 0 Å². The van der Waals surface area contributed by atoms with E-state index in [1.165, 1.54) is 4.68 Å². The first kappa shape index (κ1) is 14.5. The fourth-order valence-electron chi connectivity index (χ4n) is 2.28. The van der Waals surface area contributed by atoms with Crippen LogP contribution in [-0.2, 0) is 6.61 Å². The Hall–Kier alpha value is -3.06. The van der Waals surface area contributed by atoms with Crippen molar-refractivity contribution in [2.24, 2.45) is 0 Å². The van der Waals surface area contributed by atoms with Crippen LogP contribution in [0.4, 0.5) is 0 Å². The fraction of sp³-hybridized carbons (Fsp3) is 0.0588. The molecule has 0 radical (unpaired) electrons. The highest BCUT2D eigenvalue weighted by Crippen LogP contribution is 2.16. The van der Waals surface area contributed by atoms with Crippen LogP contribution in [0.3, 0.4) is 0 Å². The number of nitrogens with zero attached hydrogens (tertiary/aromatic N) is 4. The lowest BCUT2D eigenvalue weighted by Gasteiger charge is -2.07. The van der Waals surface area contributed by atoms with Crippen molar-refractivity contribution in [3.63, 3.8) is 0 Å². The molecule has 0 aliphatic carbocycles. The molecule has 2 aromatic carbocycles. The second-order valence-corrected chi connectivity index (χ2v) is 5.92. The topological polar surface area (TPSA) is 69.9 Å². The molecule has 0 bridgehead atoms. The summed E-state index contributed by atoms with van der Waals surface area (Å²) in [5, 5.41) is 7.96. The van der Waals surface area contributed by atoms with Gasteiger partial charge < -0.3 is 4.74 Å². The summed E-state index contributed by atoms with van der Waals surface area (Å²) >= 11 is 1.12. The highest BCUT2D eigenvalue weighted by Gasteiger charge is 2.09. The molecule has 0 fully saturated rings. The molecule has 4 rings (SSSR count). The largest absolute Gasteiger partial charge is 0.489 e. The van der Waals surface area contributed by atoms with Crippen molar-refractivity contribution in [2.45, 2.75) is 6.61 Å². The highest BCUT2D eigenvalue weighted by molar-refractivity contribution is 7.13. The Kier molecular flexibility index (Phi) is 3.76. The molecule has 2 heterocycles. The van der Waals surface area contributed by atoms with Crippen molar-refractivity contribution in [1.29, 1.82) is 0 Å². The molecule has 0 unspecified atom stereocenters. The summed E-state index contributed by atoms with van der Waals surface area (Å²) in [5.41, 5.74) is 2.03. The van der Waals surface area contributed by atoms with Gasteiger partial charge in [-0.1, -0.05) is 35.5 Å². The van der Waals surface area contributed by atoms with E-state index in [1.54, 1.807) is 18.3 Å². The highest BCUT2D eigenvalue weighted by atomic mass is 32.1.